The number of rotatable bonds is 3. The maximum atomic E-state index is 12.2. The Balaban J connectivity index is 2.35. The maximum Gasteiger partial charge on any atom is 0.259 e. The molecule has 0 aliphatic heterocycles. The number of aromatic nitrogens is 2. The highest BCUT2D eigenvalue weighted by atomic mass is 35.5. The van der Waals surface area contributed by atoms with E-state index in [0.717, 1.165) is 0 Å². The van der Waals surface area contributed by atoms with Gasteiger partial charge in [0.05, 0.1) is 27.4 Å². The molecule has 112 valence electrons. The van der Waals surface area contributed by atoms with Crippen molar-refractivity contribution in [1.82, 2.24) is 9.78 Å². The summed E-state index contributed by atoms with van der Waals surface area (Å²) in [5.74, 6) is -0.436. The number of nitrogens with one attached hydrogen (secondary N) is 1. The van der Waals surface area contributed by atoms with Crippen LogP contribution in [0, 0.1) is 6.92 Å². The van der Waals surface area contributed by atoms with Gasteiger partial charge in [0.25, 0.3) is 5.91 Å². The van der Waals surface area contributed by atoms with Gasteiger partial charge in [-0.05, 0) is 25.1 Å². The Morgan fingerprint density at radius 3 is 2.62 bits per heavy atom. The van der Waals surface area contributed by atoms with Gasteiger partial charge < -0.3 is 5.32 Å². The summed E-state index contributed by atoms with van der Waals surface area (Å²) >= 11 is 5.95. The third kappa shape index (κ3) is 3.23. The summed E-state index contributed by atoms with van der Waals surface area (Å²) in [7, 11) is -2.16. The minimum absolute atomic E-state index is 0.134. The summed E-state index contributed by atoms with van der Waals surface area (Å²) in [6, 6.07) is 3.83. The molecule has 9 heteroatoms. The Kier molecular flexibility index (Phi) is 4.04. The SMILES string of the molecule is Cc1c(C(=O)Nc2cc(S(N)(=O)=O)ccc2Cl)cnn1C. The molecule has 1 heterocycles. The number of benzene rings is 1. The molecule has 2 aromatic rings. The van der Waals surface area contributed by atoms with Crippen LogP contribution in [0.2, 0.25) is 5.02 Å². The summed E-state index contributed by atoms with van der Waals surface area (Å²) < 4.78 is 24.2. The first-order valence-corrected chi connectivity index (χ1v) is 7.75. The first-order valence-electron chi connectivity index (χ1n) is 5.82. The Hall–Kier alpha value is -1.90. The largest absolute Gasteiger partial charge is 0.320 e. The van der Waals surface area contributed by atoms with Crippen molar-refractivity contribution in [1.29, 1.82) is 0 Å². The molecule has 0 spiro atoms. The van der Waals surface area contributed by atoms with Crippen LogP contribution in [0.15, 0.2) is 29.3 Å². The lowest BCUT2D eigenvalue weighted by atomic mass is 10.2. The molecule has 1 aromatic heterocycles. The average molecular weight is 329 g/mol. The smallest absolute Gasteiger partial charge is 0.259 e. The Labute approximate surface area is 126 Å². The number of hydrogen-bond acceptors (Lipinski definition) is 4. The van der Waals surface area contributed by atoms with E-state index in [-0.39, 0.29) is 15.6 Å². The van der Waals surface area contributed by atoms with Gasteiger partial charge in [-0.3, -0.25) is 9.48 Å². The van der Waals surface area contributed by atoms with Crippen molar-refractivity contribution in [3.8, 4) is 0 Å². The van der Waals surface area contributed by atoms with E-state index in [4.69, 9.17) is 16.7 Å². The van der Waals surface area contributed by atoms with Crippen LogP contribution in [0.5, 0.6) is 0 Å². The summed E-state index contributed by atoms with van der Waals surface area (Å²) in [6.07, 6.45) is 1.42. The van der Waals surface area contributed by atoms with Gasteiger partial charge in [-0.2, -0.15) is 5.10 Å². The number of sulfonamides is 1. The fraction of sp³-hybridized carbons (Fsp3) is 0.167. The molecule has 0 aliphatic carbocycles. The fourth-order valence-electron chi connectivity index (χ4n) is 1.69. The second-order valence-electron chi connectivity index (χ2n) is 4.41. The molecule has 1 amide bonds. The van der Waals surface area contributed by atoms with Gasteiger partial charge in [-0.1, -0.05) is 11.6 Å². The predicted molar refractivity (Wildman–Crippen MR) is 78.7 cm³/mol. The number of hydrogen-bond donors (Lipinski definition) is 2. The molecule has 0 aliphatic rings. The molecule has 3 N–H and O–H groups in total. The lowest BCUT2D eigenvalue weighted by Crippen LogP contribution is -2.15. The minimum atomic E-state index is -3.87. The topological polar surface area (TPSA) is 107 Å². The van der Waals surface area contributed by atoms with Crippen LogP contribution in [0.4, 0.5) is 5.69 Å². The van der Waals surface area contributed by atoms with Crippen molar-refractivity contribution in [3.63, 3.8) is 0 Å². The van der Waals surface area contributed by atoms with Crippen LogP contribution in [0.3, 0.4) is 0 Å². The second kappa shape index (κ2) is 5.47. The minimum Gasteiger partial charge on any atom is -0.320 e. The van der Waals surface area contributed by atoms with E-state index in [1.807, 2.05) is 0 Å². The van der Waals surface area contributed by atoms with E-state index < -0.39 is 15.9 Å². The number of carbonyl (C=O) groups is 1. The van der Waals surface area contributed by atoms with Gasteiger partial charge in [0.2, 0.25) is 10.0 Å². The van der Waals surface area contributed by atoms with E-state index in [1.54, 1.807) is 18.7 Å². The van der Waals surface area contributed by atoms with E-state index >= 15 is 0 Å². The number of carbonyl (C=O) groups excluding carboxylic acids is 1. The molecule has 7 nitrogen and oxygen atoms in total. The second-order valence-corrected chi connectivity index (χ2v) is 6.38. The first kappa shape index (κ1) is 15.5. The molecule has 0 atom stereocenters. The zero-order valence-electron chi connectivity index (χ0n) is 11.3. The molecule has 0 saturated carbocycles. The Morgan fingerprint density at radius 1 is 1.43 bits per heavy atom. The van der Waals surface area contributed by atoms with Crippen LogP contribution in [0.25, 0.3) is 0 Å². The van der Waals surface area contributed by atoms with Gasteiger partial charge in [0, 0.05) is 12.7 Å². The number of primary sulfonamides is 1. The molecular formula is C12H13ClN4O3S. The normalized spacial score (nSPS) is 11.4. The van der Waals surface area contributed by atoms with E-state index in [1.165, 1.54) is 24.4 Å². The molecule has 2 rings (SSSR count). The molecule has 21 heavy (non-hydrogen) atoms. The number of anilines is 1. The standard InChI is InChI=1S/C12H13ClN4O3S/c1-7-9(6-15-17(7)2)12(18)16-11-5-8(21(14,19)20)3-4-10(11)13/h3-6H,1-2H3,(H,16,18)(H2,14,19,20). The van der Waals surface area contributed by atoms with Crippen molar-refractivity contribution < 1.29 is 13.2 Å². The first-order chi connectivity index (χ1) is 9.70. The highest BCUT2D eigenvalue weighted by Crippen LogP contribution is 2.25. The fourth-order valence-corrected chi connectivity index (χ4v) is 2.39. The lowest BCUT2D eigenvalue weighted by molar-refractivity contribution is 0.102. The quantitative estimate of drug-likeness (QED) is 0.884. The number of halogens is 1. The van der Waals surface area contributed by atoms with Crippen molar-refractivity contribution >= 4 is 33.2 Å². The number of nitrogens with two attached hydrogens (primary N) is 1. The molecule has 0 saturated heterocycles. The molecule has 0 fully saturated rings. The van der Waals surface area contributed by atoms with Crippen molar-refractivity contribution in [2.75, 3.05) is 5.32 Å². The van der Waals surface area contributed by atoms with E-state index in [9.17, 15) is 13.2 Å². The van der Waals surface area contributed by atoms with Crippen LogP contribution < -0.4 is 10.5 Å². The third-order valence-electron chi connectivity index (χ3n) is 2.99. The van der Waals surface area contributed by atoms with Crippen LogP contribution in [-0.2, 0) is 17.1 Å². The number of nitrogens with zero attached hydrogens (tertiary/aromatic N) is 2. The van der Waals surface area contributed by atoms with Gasteiger partial charge in [0.1, 0.15) is 0 Å². The molecule has 0 radical (unpaired) electrons. The summed E-state index contributed by atoms with van der Waals surface area (Å²) in [6.45, 7) is 1.74. The van der Waals surface area contributed by atoms with E-state index in [2.05, 4.69) is 10.4 Å². The van der Waals surface area contributed by atoms with Crippen molar-refractivity contribution in [2.24, 2.45) is 12.2 Å². The van der Waals surface area contributed by atoms with Crippen LogP contribution in [0.1, 0.15) is 16.1 Å². The van der Waals surface area contributed by atoms with Crippen molar-refractivity contribution in [3.05, 3.63) is 40.7 Å². The molecule has 0 bridgehead atoms. The summed E-state index contributed by atoms with van der Waals surface area (Å²) in [4.78, 5) is 12.0. The zero-order chi connectivity index (χ0) is 15.8. The van der Waals surface area contributed by atoms with E-state index in [0.29, 0.717) is 11.3 Å². The number of amides is 1. The average Bonchev–Trinajstić information content (AvgIpc) is 2.71. The molecule has 0 unspecified atom stereocenters. The highest BCUT2D eigenvalue weighted by Gasteiger charge is 2.16. The summed E-state index contributed by atoms with van der Waals surface area (Å²) in [5.41, 5.74) is 1.21. The van der Waals surface area contributed by atoms with Crippen LogP contribution in [-0.4, -0.2) is 24.1 Å². The monoisotopic (exact) mass is 328 g/mol. The Bertz CT molecular complexity index is 814. The van der Waals surface area contributed by atoms with Gasteiger partial charge in [0.15, 0.2) is 0 Å². The zero-order valence-corrected chi connectivity index (χ0v) is 12.9. The van der Waals surface area contributed by atoms with Gasteiger partial charge in [-0.15, -0.1) is 0 Å². The van der Waals surface area contributed by atoms with Gasteiger partial charge >= 0.3 is 0 Å². The maximum absolute atomic E-state index is 12.2. The molecule has 1 aromatic carbocycles. The lowest BCUT2D eigenvalue weighted by Gasteiger charge is -2.08. The number of aryl methyl sites for hydroxylation is 1. The highest BCUT2D eigenvalue weighted by molar-refractivity contribution is 7.89. The van der Waals surface area contributed by atoms with Crippen LogP contribution >= 0.6 is 11.6 Å². The van der Waals surface area contributed by atoms with Gasteiger partial charge in [-0.25, -0.2) is 13.6 Å². The molecular weight excluding hydrogens is 316 g/mol. The third-order valence-corrected chi connectivity index (χ3v) is 4.24. The Morgan fingerprint density at radius 2 is 2.10 bits per heavy atom. The predicted octanol–water partition coefficient (Wildman–Crippen LogP) is 1.28. The van der Waals surface area contributed by atoms with Crippen molar-refractivity contribution in [2.45, 2.75) is 11.8 Å². The summed E-state index contributed by atoms with van der Waals surface area (Å²) in [5, 5.41) is 11.8.